The number of nitrogens with one attached hydrogen (secondary N) is 2. The molecule has 8 heteroatoms. The average Bonchev–Trinajstić information content (AvgIpc) is 2.77. The fraction of sp³-hybridized carbons (Fsp3) is 0.667. The lowest BCUT2D eigenvalue weighted by Crippen LogP contribution is -2.47. The van der Waals surface area contributed by atoms with E-state index < -0.39 is 0 Å². The van der Waals surface area contributed by atoms with Crippen LogP contribution < -0.4 is 16.4 Å². The second-order valence-electron chi connectivity index (χ2n) is 8.87. The molecule has 2 heterocycles. The van der Waals surface area contributed by atoms with E-state index in [4.69, 9.17) is 5.73 Å². The first kappa shape index (κ1) is 26.6. The molecule has 2 saturated heterocycles. The summed E-state index contributed by atoms with van der Waals surface area (Å²) >= 11 is 0. The Bertz CT molecular complexity index is 692. The predicted octanol–water partition coefficient (Wildman–Crippen LogP) is 2.74. The molecule has 0 bridgehead atoms. The molecule has 1 aromatic rings. The first-order valence-electron chi connectivity index (χ1n) is 12.0. The fourth-order valence-electron chi connectivity index (χ4n) is 4.35. The number of unbranched alkanes of at least 4 members (excludes halogenated alkanes) is 5. The van der Waals surface area contributed by atoms with Crippen molar-refractivity contribution >= 4 is 29.9 Å². The van der Waals surface area contributed by atoms with E-state index >= 15 is 0 Å². The van der Waals surface area contributed by atoms with E-state index in [1.165, 1.54) is 50.6 Å². The van der Waals surface area contributed by atoms with Crippen molar-refractivity contribution in [2.75, 3.05) is 44.6 Å². The van der Waals surface area contributed by atoms with Gasteiger partial charge in [-0.25, -0.2) is 0 Å². The van der Waals surface area contributed by atoms with Gasteiger partial charge in [-0.15, -0.1) is 12.4 Å². The quantitative estimate of drug-likeness (QED) is 0.325. The molecule has 7 nitrogen and oxygen atoms in total. The van der Waals surface area contributed by atoms with Crippen molar-refractivity contribution in [1.82, 2.24) is 15.1 Å². The molecule has 180 valence electrons. The Kier molecular flexibility index (Phi) is 12.0. The number of rotatable bonds is 12. The fourth-order valence-corrected chi connectivity index (χ4v) is 4.35. The van der Waals surface area contributed by atoms with Crippen molar-refractivity contribution in [3.8, 4) is 0 Å². The van der Waals surface area contributed by atoms with Gasteiger partial charge in [0.15, 0.2) is 0 Å². The third-order valence-corrected chi connectivity index (χ3v) is 6.33. The van der Waals surface area contributed by atoms with Gasteiger partial charge >= 0.3 is 0 Å². The molecule has 3 rings (SSSR count). The molecule has 1 atom stereocenters. The second-order valence-corrected chi connectivity index (χ2v) is 8.87. The van der Waals surface area contributed by atoms with Crippen LogP contribution in [-0.2, 0) is 16.1 Å². The summed E-state index contributed by atoms with van der Waals surface area (Å²) in [6.45, 7) is 7.57. The Labute approximate surface area is 198 Å². The zero-order chi connectivity index (χ0) is 21.9. The SMILES string of the molecule is Cl.NCCCCCCCCN1CCN(Cc2ccc(NC3CCC(=O)NC3=O)cc2)CC1. The second kappa shape index (κ2) is 14.5. The normalized spacial score (nSPS) is 20.0. The Hall–Kier alpha value is -1.67. The van der Waals surface area contributed by atoms with E-state index in [0.29, 0.717) is 12.8 Å². The zero-order valence-corrected chi connectivity index (χ0v) is 20.0. The first-order valence-corrected chi connectivity index (χ1v) is 12.0. The van der Waals surface area contributed by atoms with Crippen LogP contribution in [0.5, 0.6) is 0 Å². The maximum atomic E-state index is 11.9. The summed E-state index contributed by atoms with van der Waals surface area (Å²) < 4.78 is 0. The van der Waals surface area contributed by atoms with Crippen LogP contribution in [0.1, 0.15) is 56.9 Å². The monoisotopic (exact) mass is 465 g/mol. The molecule has 2 aliphatic rings. The lowest BCUT2D eigenvalue weighted by Gasteiger charge is -2.34. The van der Waals surface area contributed by atoms with Crippen LogP contribution in [0.15, 0.2) is 24.3 Å². The molecule has 0 spiro atoms. The van der Waals surface area contributed by atoms with Crippen LogP contribution >= 0.6 is 12.4 Å². The molecule has 1 aromatic carbocycles. The number of carbonyl (C=O) groups excluding carboxylic acids is 2. The van der Waals surface area contributed by atoms with Crippen LogP contribution in [0.4, 0.5) is 5.69 Å². The third-order valence-electron chi connectivity index (χ3n) is 6.33. The van der Waals surface area contributed by atoms with Crippen molar-refractivity contribution in [3.05, 3.63) is 29.8 Å². The first-order chi connectivity index (χ1) is 15.1. The van der Waals surface area contributed by atoms with E-state index in [0.717, 1.165) is 45.0 Å². The maximum Gasteiger partial charge on any atom is 0.249 e. The van der Waals surface area contributed by atoms with E-state index in [1.54, 1.807) is 0 Å². The number of amides is 2. The highest BCUT2D eigenvalue weighted by Crippen LogP contribution is 2.17. The van der Waals surface area contributed by atoms with Crippen molar-refractivity contribution in [3.63, 3.8) is 0 Å². The Morgan fingerprint density at radius 1 is 0.906 bits per heavy atom. The largest absolute Gasteiger partial charge is 0.374 e. The van der Waals surface area contributed by atoms with Crippen molar-refractivity contribution in [2.24, 2.45) is 5.73 Å². The number of nitrogens with two attached hydrogens (primary N) is 1. The highest BCUT2D eigenvalue weighted by atomic mass is 35.5. The summed E-state index contributed by atoms with van der Waals surface area (Å²) in [4.78, 5) is 28.3. The van der Waals surface area contributed by atoms with Crippen LogP contribution in [0.25, 0.3) is 0 Å². The molecule has 1 unspecified atom stereocenters. The minimum atomic E-state index is -0.331. The van der Waals surface area contributed by atoms with Crippen LogP contribution in [-0.4, -0.2) is 66.9 Å². The lowest BCUT2D eigenvalue weighted by atomic mass is 10.1. The van der Waals surface area contributed by atoms with E-state index in [2.05, 4.69) is 32.6 Å². The Balaban J connectivity index is 0.00000363. The van der Waals surface area contributed by atoms with Gasteiger partial charge in [-0.3, -0.25) is 19.8 Å². The average molecular weight is 466 g/mol. The molecular weight excluding hydrogens is 426 g/mol. The van der Waals surface area contributed by atoms with Crippen molar-refractivity contribution in [2.45, 2.75) is 64.0 Å². The number of halogens is 1. The van der Waals surface area contributed by atoms with Crippen LogP contribution in [0, 0.1) is 0 Å². The number of imide groups is 1. The summed E-state index contributed by atoms with van der Waals surface area (Å²) in [5, 5.41) is 5.63. The van der Waals surface area contributed by atoms with Gasteiger partial charge in [-0.1, -0.05) is 37.8 Å². The number of carbonyl (C=O) groups is 2. The molecule has 2 fully saturated rings. The molecule has 0 saturated carbocycles. The molecular formula is C24H40ClN5O2. The van der Waals surface area contributed by atoms with Gasteiger partial charge in [0, 0.05) is 44.8 Å². The van der Waals surface area contributed by atoms with Gasteiger partial charge in [0.1, 0.15) is 6.04 Å². The van der Waals surface area contributed by atoms with Gasteiger partial charge in [0.25, 0.3) is 0 Å². The van der Waals surface area contributed by atoms with Crippen LogP contribution in [0.2, 0.25) is 0 Å². The molecule has 0 aromatic heterocycles. The van der Waals surface area contributed by atoms with Gasteiger partial charge in [0.2, 0.25) is 11.8 Å². The standard InChI is InChI=1S/C24H39N5O2.ClH/c25-13-5-3-1-2-4-6-14-28-15-17-29(18-16-28)19-20-7-9-21(10-8-20)26-22-11-12-23(30)27-24(22)31;/h7-10,22,26H,1-6,11-19,25H2,(H,27,30,31);1H. The Morgan fingerprint density at radius 2 is 1.53 bits per heavy atom. The lowest BCUT2D eigenvalue weighted by molar-refractivity contribution is -0.133. The summed E-state index contributed by atoms with van der Waals surface area (Å²) in [5.74, 6) is -0.415. The van der Waals surface area contributed by atoms with E-state index in [1.807, 2.05) is 12.1 Å². The minimum absolute atomic E-state index is 0. The van der Waals surface area contributed by atoms with E-state index in [9.17, 15) is 9.59 Å². The number of anilines is 1. The van der Waals surface area contributed by atoms with Gasteiger partial charge in [-0.2, -0.15) is 0 Å². The van der Waals surface area contributed by atoms with E-state index in [-0.39, 0.29) is 30.3 Å². The smallest absolute Gasteiger partial charge is 0.249 e. The molecule has 2 aliphatic heterocycles. The van der Waals surface area contributed by atoms with Gasteiger partial charge in [-0.05, 0) is 50.0 Å². The highest BCUT2D eigenvalue weighted by molar-refractivity contribution is 6.01. The zero-order valence-electron chi connectivity index (χ0n) is 19.2. The molecule has 2 amide bonds. The summed E-state index contributed by atoms with van der Waals surface area (Å²) in [6, 6.07) is 7.99. The highest BCUT2D eigenvalue weighted by Gasteiger charge is 2.26. The molecule has 32 heavy (non-hydrogen) atoms. The van der Waals surface area contributed by atoms with Crippen molar-refractivity contribution in [1.29, 1.82) is 0 Å². The number of hydrogen-bond donors (Lipinski definition) is 3. The summed E-state index contributed by atoms with van der Waals surface area (Å²) in [5.41, 5.74) is 7.75. The van der Waals surface area contributed by atoms with Crippen molar-refractivity contribution < 1.29 is 9.59 Å². The molecule has 4 N–H and O–H groups in total. The van der Waals surface area contributed by atoms with Gasteiger partial charge in [0.05, 0.1) is 0 Å². The molecule has 0 aliphatic carbocycles. The maximum absolute atomic E-state index is 11.9. The van der Waals surface area contributed by atoms with Gasteiger partial charge < -0.3 is 16.0 Å². The third kappa shape index (κ3) is 9.06. The number of hydrogen-bond acceptors (Lipinski definition) is 6. The Morgan fingerprint density at radius 3 is 2.19 bits per heavy atom. The number of nitrogens with zero attached hydrogens (tertiary/aromatic N) is 2. The topological polar surface area (TPSA) is 90.7 Å². The summed E-state index contributed by atoms with van der Waals surface area (Å²) in [7, 11) is 0. The van der Waals surface area contributed by atoms with Crippen LogP contribution in [0.3, 0.4) is 0 Å². The minimum Gasteiger partial charge on any atom is -0.374 e. The number of piperazine rings is 1. The predicted molar refractivity (Wildman–Crippen MR) is 132 cm³/mol. The molecule has 0 radical (unpaired) electrons. The summed E-state index contributed by atoms with van der Waals surface area (Å²) in [6.07, 6.45) is 8.70. The number of benzene rings is 1. The number of piperidine rings is 1.